The summed E-state index contributed by atoms with van der Waals surface area (Å²) in [5, 5.41) is 3.67. The van der Waals surface area contributed by atoms with Gasteiger partial charge in [-0.1, -0.05) is 6.07 Å². The van der Waals surface area contributed by atoms with E-state index in [4.69, 9.17) is 10.5 Å². The molecule has 0 aliphatic carbocycles. The van der Waals surface area contributed by atoms with Crippen LogP contribution in [0, 0.1) is 13.8 Å². The van der Waals surface area contributed by atoms with E-state index < -0.39 is 6.10 Å². The van der Waals surface area contributed by atoms with E-state index >= 15 is 0 Å². The normalized spacial score (nSPS) is 17.4. The minimum absolute atomic E-state index is 0.124. The third-order valence-electron chi connectivity index (χ3n) is 3.61. The zero-order valence-electron chi connectivity index (χ0n) is 11.6. The van der Waals surface area contributed by atoms with E-state index in [1.165, 1.54) is 10.4 Å². The SMILES string of the molecule is Cc1sc(N)c(-c2ccc3c(c2)NC(=O)C(C)O3)c1C. The zero-order chi connectivity index (χ0) is 14.4. The topological polar surface area (TPSA) is 64.3 Å². The van der Waals surface area contributed by atoms with Crippen LogP contribution in [-0.4, -0.2) is 12.0 Å². The van der Waals surface area contributed by atoms with Gasteiger partial charge in [-0.05, 0) is 44.0 Å². The van der Waals surface area contributed by atoms with Gasteiger partial charge in [-0.25, -0.2) is 0 Å². The molecular weight excluding hydrogens is 272 g/mol. The summed E-state index contributed by atoms with van der Waals surface area (Å²) >= 11 is 1.59. The van der Waals surface area contributed by atoms with Crippen LogP contribution in [0.5, 0.6) is 5.75 Å². The number of carbonyl (C=O) groups excluding carboxylic acids is 1. The van der Waals surface area contributed by atoms with Crippen LogP contribution in [0.2, 0.25) is 0 Å². The Balaban J connectivity index is 2.09. The summed E-state index contributed by atoms with van der Waals surface area (Å²) in [5.74, 6) is 0.574. The Morgan fingerprint density at radius 3 is 2.75 bits per heavy atom. The van der Waals surface area contributed by atoms with Crippen molar-refractivity contribution in [1.82, 2.24) is 0 Å². The number of hydrogen-bond donors (Lipinski definition) is 2. The minimum Gasteiger partial charge on any atom is -0.479 e. The lowest BCUT2D eigenvalue weighted by Gasteiger charge is -2.23. The Morgan fingerprint density at radius 2 is 2.10 bits per heavy atom. The molecule has 3 rings (SSSR count). The van der Waals surface area contributed by atoms with Crippen molar-refractivity contribution in [3.63, 3.8) is 0 Å². The molecule has 1 aromatic carbocycles. The predicted molar refractivity (Wildman–Crippen MR) is 82.4 cm³/mol. The number of nitrogen functional groups attached to an aromatic ring is 1. The lowest BCUT2D eigenvalue weighted by molar-refractivity contribution is -0.122. The quantitative estimate of drug-likeness (QED) is 0.846. The minimum atomic E-state index is -0.455. The van der Waals surface area contributed by atoms with E-state index in [0.717, 1.165) is 16.1 Å². The number of aryl methyl sites for hydroxylation is 1. The largest absolute Gasteiger partial charge is 0.479 e. The standard InChI is InChI=1S/C15H16N2O2S/c1-7-9(3)20-14(16)13(7)10-4-5-12-11(6-10)17-15(18)8(2)19-12/h4-6,8H,16H2,1-3H3,(H,17,18). The van der Waals surface area contributed by atoms with Gasteiger partial charge in [0.25, 0.3) is 5.91 Å². The number of fused-ring (bicyclic) bond motifs is 1. The van der Waals surface area contributed by atoms with Crippen LogP contribution in [0.1, 0.15) is 17.4 Å². The molecule has 104 valence electrons. The first kappa shape index (κ1) is 13.0. The van der Waals surface area contributed by atoms with Crippen LogP contribution in [0.25, 0.3) is 11.1 Å². The molecule has 0 spiro atoms. The van der Waals surface area contributed by atoms with Crippen molar-refractivity contribution in [2.24, 2.45) is 0 Å². The molecule has 1 aliphatic rings. The van der Waals surface area contributed by atoms with Gasteiger partial charge in [0, 0.05) is 10.4 Å². The van der Waals surface area contributed by atoms with Gasteiger partial charge >= 0.3 is 0 Å². The molecule has 4 nitrogen and oxygen atoms in total. The summed E-state index contributed by atoms with van der Waals surface area (Å²) in [6.07, 6.45) is -0.455. The summed E-state index contributed by atoms with van der Waals surface area (Å²) in [6, 6.07) is 5.78. The molecule has 5 heteroatoms. The molecule has 1 amide bonds. The second-order valence-corrected chi connectivity index (χ2v) is 6.24. The zero-order valence-corrected chi connectivity index (χ0v) is 12.4. The maximum Gasteiger partial charge on any atom is 0.265 e. The Kier molecular flexibility index (Phi) is 2.94. The number of anilines is 2. The van der Waals surface area contributed by atoms with Crippen LogP contribution in [-0.2, 0) is 4.79 Å². The fourth-order valence-corrected chi connectivity index (χ4v) is 3.33. The molecule has 1 unspecified atom stereocenters. The van der Waals surface area contributed by atoms with Crippen LogP contribution >= 0.6 is 11.3 Å². The smallest absolute Gasteiger partial charge is 0.265 e. The Hall–Kier alpha value is -2.01. The van der Waals surface area contributed by atoms with E-state index in [-0.39, 0.29) is 5.91 Å². The van der Waals surface area contributed by atoms with Crippen molar-refractivity contribution >= 4 is 27.9 Å². The lowest BCUT2D eigenvalue weighted by Crippen LogP contribution is -2.34. The maximum absolute atomic E-state index is 11.7. The first-order valence-electron chi connectivity index (χ1n) is 6.44. The van der Waals surface area contributed by atoms with E-state index in [1.807, 2.05) is 18.2 Å². The number of hydrogen-bond acceptors (Lipinski definition) is 4. The van der Waals surface area contributed by atoms with Gasteiger partial charge in [-0.3, -0.25) is 4.79 Å². The summed E-state index contributed by atoms with van der Waals surface area (Å²) < 4.78 is 5.56. The van der Waals surface area contributed by atoms with Crippen LogP contribution < -0.4 is 15.8 Å². The van der Waals surface area contributed by atoms with Crippen molar-refractivity contribution in [2.45, 2.75) is 26.9 Å². The molecule has 0 radical (unpaired) electrons. The monoisotopic (exact) mass is 288 g/mol. The number of benzene rings is 1. The Bertz CT molecular complexity index is 706. The molecule has 1 atom stereocenters. The fraction of sp³-hybridized carbons (Fsp3) is 0.267. The first-order chi connectivity index (χ1) is 9.47. The highest BCUT2D eigenvalue weighted by atomic mass is 32.1. The van der Waals surface area contributed by atoms with E-state index in [9.17, 15) is 4.79 Å². The third kappa shape index (κ3) is 1.94. The van der Waals surface area contributed by atoms with Crippen molar-refractivity contribution in [2.75, 3.05) is 11.1 Å². The maximum atomic E-state index is 11.7. The van der Waals surface area contributed by atoms with Gasteiger partial charge in [-0.2, -0.15) is 0 Å². The van der Waals surface area contributed by atoms with Crippen molar-refractivity contribution < 1.29 is 9.53 Å². The van der Waals surface area contributed by atoms with Crippen LogP contribution in [0.4, 0.5) is 10.7 Å². The lowest BCUT2D eigenvalue weighted by atomic mass is 10.0. The van der Waals surface area contributed by atoms with Gasteiger partial charge in [0.15, 0.2) is 6.10 Å². The fourth-order valence-electron chi connectivity index (χ4n) is 2.38. The summed E-state index contributed by atoms with van der Waals surface area (Å²) in [5.41, 5.74) is 10.0. The van der Waals surface area contributed by atoms with E-state index in [0.29, 0.717) is 11.4 Å². The second kappa shape index (κ2) is 4.52. The Labute approximate surface area is 121 Å². The molecule has 0 bridgehead atoms. The number of thiophene rings is 1. The first-order valence-corrected chi connectivity index (χ1v) is 7.26. The molecule has 0 saturated heterocycles. The molecule has 2 aromatic rings. The highest BCUT2D eigenvalue weighted by Gasteiger charge is 2.24. The molecule has 1 aliphatic heterocycles. The van der Waals surface area contributed by atoms with Crippen LogP contribution in [0.15, 0.2) is 18.2 Å². The van der Waals surface area contributed by atoms with Crippen molar-refractivity contribution in [3.05, 3.63) is 28.6 Å². The molecule has 0 fully saturated rings. The number of nitrogens with two attached hydrogens (primary N) is 1. The summed E-state index contributed by atoms with van der Waals surface area (Å²) in [6.45, 7) is 5.86. The predicted octanol–water partition coefficient (Wildman–Crippen LogP) is 3.33. The summed E-state index contributed by atoms with van der Waals surface area (Å²) in [7, 11) is 0. The molecular formula is C15H16N2O2S. The van der Waals surface area contributed by atoms with Gasteiger partial charge in [0.05, 0.1) is 10.7 Å². The number of ether oxygens (including phenoxy) is 1. The van der Waals surface area contributed by atoms with Gasteiger partial charge in [-0.15, -0.1) is 11.3 Å². The highest BCUT2D eigenvalue weighted by Crippen LogP contribution is 2.41. The van der Waals surface area contributed by atoms with Gasteiger partial charge in [0.1, 0.15) is 5.75 Å². The van der Waals surface area contributed by atoms with Gasteiger partial charge in [0.2, 0.25) is 0 Å². The molecule has 0 saturated carbocycles. The van der Waals surface area contributed by atoms with Gasteiger partial charge < -0.3 is 15.8 Å². The number of rotatable bonds is 1. The second-order valence-electron chi connectivity index (χ2n) is 4.98. The molecule has 2 heterocycles. The van der Waals surface area contributed by atoms with E-state index in [2.05, 4.69) is 19.2 Å². The molecule has 1 aromatic heterocycles. The number of nitrogens with one attached hydrogen (secondary N) is 1. The molecule has 3 N–H and O–H groups in total. The van der Waals surface area contributed by atoms with Crippen molar-refractivity contribution in [3.8, 4) is 16.9 Å². The molecule has 20 heavy (non-hydrogen) atoms. The Morgan fingerprint density at radius 1 is 1.35 bits per heavy atom. The average molecular weight is 288 g/mol. The third-order valence-corrected chi connectivity index (χ3v) is 4.65. The number of amides is 1. The van der Waals surface area contributed by atoms with Crippen LogP contribution in [0.3, 0.4) is 0 Å². The van der Waals surface area contributed by atoms with E-state index in [1.54, 1.807) is 18.3 Å². The average Bonchev–Trinajstić information content (AvgIpc) is 2.64. The highest BCUT2D eigenvalue weighted by molar-refractivity contribution is 7.16. The van der Waals surface area contributed by atoms with Crippen molar-refractivity contribution in [1.29, 1.82) is 0 Å². The number of carbonyl (C=O) groups is 1. The summed E-state index contributed by atoms with van der Waals surface area (Å²) in [4.78, 5) is 12.9.